The molecule has 0 radical (unpaired) electrons. The van der Waals surface area contributed by atoms with Crippen molar-refractivity contribution in [1.29, 1.82) is 0 Å². The molecule has 3 aromatic heterocycles. The van der Waals surface area contributed by atoms with Gasteiger partial charge >= 0.3 is 0 Å². The van der Waals surface area contributed by atoms with Crippen LogP contribution in [-0.4, -0.2) is 23.5 Å². The number of benzene rings is 3. The van der Waals surface area contributed by atoms with Gasteiger partial charge in [0.1, 0.15) is 11.5 Å². The normalized spacial score (nSPS) is 11.8. The third-order valence-electron chi connectivity index (χ3n) is 7.40. The zero-order valence-corrected chi connectivity index (χ0v) is 21.7. The zero-order valence-electron chi connectivity index (χ0n) is 21.7. The Bertz CT molecular complexity index is 2000. The van der Waals surface area contributed by atoms with E-state index in [2.05, 4.69) is 23.6 Å². The molecule has 0 amide bonds. The largest absolute Gasteiger partial charge is 0.347 e. The summed E-state index contributed by atoms with van der Waals surface area (Å²) < 4.78 is 6.96. The van der Waals surface area contributed by atoms with E-state index in [0.29, 0.717) is 22.4 Å². The minimum absolute atomic E-state index is 0.282. The fraction of sp³-hybridized carbons (Fsp3) is 0.129. The third kappa shape index (κ3) is 3.47. The van der Waals surface area contributed by atoms with Crippen molar-refractivity contribution < 1.29 is 0 Å². The van der Waals surface area contributed by atoms with E-state index < -0.39 is 0 Å². The Morgan fingerprint density at radius 1 is 0.711 bits per heavy atom. The molecule has 6 rings (SSSR count). The maximum absolute atomic E-state index is 13.9. The molecular formula is C31H27N5O2. The number of nitrogens with zero attached hydrogens (tertiary/aromatic N) is 5. The first-order valence-electron chi connectivity index (χ1n) is 12.5. The van der Waals surface area contributed by atoms with Crippen molar-refractivity contribution in [1.82, 2.24) is 23.5 Å². The lowest BCUT2D eigenvalue weighted by molar-refractivity contribution is 0.630. The molecule has 0 aliphatic rings. The number of aromatic nitrogens is 5. The Labute approximate surface area is 219 Å². The van der Waals surface area contributed by atoms with E-state index in [-0.39, 0.29) is 16.8 Å². The van der Waals surface area contributed by atoms with Crippen molar-refractivity contribution in [3.63, 3.8) is 0 Å². The van der Waals surface area contributed by atoms with E-state index in [1.54, 1.807) is 15.4 Å². The Morgan fingerprint density at radius 3 is 2.13 bits per heavy atom. The van der Waals surface area contributed by atoms with Crippen molar-refractivity contribution >= 4 is 34.0 Å². The summed E-state index contributed by atoms with van der Waals surface area (Å²) in [6.07, 6.45) is 3.82. The lowest BCUT2D eigenvalue weighted by atomic mass is 10.1. The molecule has 38 heavy (non-hydrogen) atoms. The zero-order chi connectivity index (χ0) is 26.6. The average Bonchev–Trinajstić information content (AvgIpc) is 3.31. The van der Waals surface area contributed by atoms with Crippen LogP contribution in [0.4, 0.5) is 0 Å². The van der Waals surface area contributed by atoms with Gasteiger partial charge in [0.2, 0.25) is 0 Å². The molecule has 188 valence electrons. The van der Waals surface area contributed by atoms with Gasteiger partial charge in [-0.15, -0.1) is 0 Å². The Balaban J connectivity index is 1.64. The maximum atomic E-state index is 13.9. The number of aryl methyl sites for hydroxylation is 1. The fourth-order valence-corrected chi connectivity index (χ4v) is 5.21. The van der Waals surface area contributed by atoms with E-state index in [9.17, 15) is 9.59 Å². The van der Waals surface area contributed by atoms with Gasteiger partial charge in [-0.1, -0.05) is 48.5 Å². The van der Waals surface area contributed by atoms with Crippen LogP contribution in [0, 0.1) is 13.8 Å². The Hall–Kier alpha value is -4.91. The topological polar surface area (TPSA) is 66.8 Å². The Kier molecular flexibility index (Phi) is 5.49. The number of fused-ring (bicyclic) bond motifs is 2. The standard InChI is InChI=1S/C31H27N5O2/c1-20-23(24-14-9-11-17-27(24)33(20)3)18-19-28-32-26-16-10-8-15-25(26)30(37)35(28)29-21(2)34(4)36(31(29)38)22-12-6-5-7-13-22/h5-19H,1-4H3. The second-order valence-electron chi connectivity index (χ2n) is 9.45. The molecule has 0 fully saturated rings. The van der Waals surface area contributed by atoms with Crippen LogP contribution in [0.5, 0.6) is 0 Å². The summed E-state index contributed by atoms with van der Waals surface area (Å²) in [5.41, 5.74) is 4.95. The van der Waals surface area contributed by atoms with E-state index >= 15 is 0 Å². The molecule has 0 unspecified atom stereocenters. The molecule has 0 spiro atoms. The first-order chi connectivity index (χ1) is 18.4. The molecule has 0 saturated heterocycles. The van der Waals surface area contributed by atoms with Crippen molar-refractivity contribution in [3.8, 4) is 11.4 Å². The second-order valence-corrected chi connectivity index (χ2v) is 9.45. The van der Waals surface area contributed by atoms with E-state index in [0.717, 1.165) is 27.8 Å². The molecule has 3 aromatic carbocycles. The summed E-state index contributed by atoms with van der Waals surface area (Å²) in [6.45, 7) is 3.92. The van der Waals surface area contributed by atoms with Gasteiger partial charge in [-0.3, -0.25) is 18.8 Å². The molecule has 0 aliphatic heterocycles. The molecule has 6 aromatic rings. The highest BCUT2D eigenvalue weighted by Crippen LogP contribution is 2.27. The molecule has 0 aliphatic carbocycles. The monoisotopic (exact) mass is 501 g/mol. The van der Waals surface area contributed by atoms with Crippen molar-refractivity contribution in [2.75, 3.05) is 0 Å². The summed E-state index contributed by atoms with van der Waals surface area (Å²) >= 11 is 0. The highest BCUT2D eigenvalue weighted by Gasteiger charge is 2.22. The van der Waals surface area contributed by atoms with Crippen LogP contribution in [0.2, 0.25) is 0 Å². The molecule has 7 heteroatoms. The number of para-hydroxylation sites is 3. The van der Waals surface area contributed by atoms with Gasteiger partial charge in [0.25, 0.3) is 11.1 Å². The predicted octanol–water partition coefficient (Wildman–Crippen LogP) is 5.15. The van der Waals surface area contributed by atoms with Crippen LogP contribution in [0.15, 0.2) is 88.5 Å². The van der Waals surface area contributed by atoms with Crippen LogP contribution in [0.25, 0.3) is 45.3 Å². The highest BCUT2D eigenvalue weighted by atomic mass is 16.1. The van der Waals surface area contributed by atoms with E-state index in [1.165, 1.54) is 4.57 Å². The van der Waals surface area contributed by atoms with Crippen LogP contribution in [-0.2, 0) is 14.1 Å². The highest BCUT2D eigenvalue weighted by molar-refractivity contribution is 5.93. The average molecular weight is 502 g/mol. The van der Waals surface area contributed by atoms with Gasteiger partial charge in [-0.25, -0.2) is 9.67 Å². The van der Waals surface area contributed by atoms with Crippen LogP contribution in [0.1, 0.15) is 22.8 Å². The van der Waals surface area contributed by atoms with Crippen LogP contribution < -0.4 is 11.1 Å². The summed E-state index contributed by atoms with van der Waals surface area (Å²) in [5.74, 6) is 0.395. The predicted molar refractivity (Wildman–Crippen MR) is 153 cm³/mol. The molecular weight excluding hydrogens is 474 g/mol. The number of rotatable bonds is 4. The fourth-order valence-electron chi connectivity index (χ4n) is 5.21. The van der Waals surface area contributed by atoms with Gasteiger partial charge in [-0.2, -0.15) is 0 Å². The summed E-state index contributed by atoms with van der Waals surface area (Å²) in [6, 6.07) is 24.9. The summed E-state index contributed by atoms with van der Waals surface area (Å²) in [5, 5.41) is 1.57. The molecule has 3 heterocycles. The van der Waals surface area contributed by atoms with Gasteiger partial charge < -0.3 is 4.57 Å². The van der Waals surface area contributed by atoms with E-state index in [1.807, 2.05) is 93.8 Å². The second kappa shape index (κ2) is 8.88. The Morgan fingerprint density at radius 2 is 1.37 bits per heavy atom. The van der Waals surface area contributed by atoms with Crippen molar-refractivity contribution in [3.05, 3.63) is 122 Å². The maximum Gasteiger partial charge on any atom is 0.296 e. The molecule has 0 atom stereocenters. The minimum Gasteiger partial charge on any atom is -0.347 e. The van der Waals surface area contributed by atoms with Gasteiger partial charge in [0.15, 0.2) is 0 Å². The van der Waals surface area contributed by atoms with Crippen LogP contribution in [0.3, 0.4) is 0 Å². The van der Waals surface area contributed by atoms with Crippen molar-refractivity contribution in [2.45, 2.75) is 13.8 Å². The molecule has 0 bridgehead atoms. The minimum atomic E-state index is -0.286. The molecule has 7 nitrogen and oxygen atoms in total. The first kappa shape index (κ1) is 23.5. The van der Waals surface area contributed by atoms with Gasteiger partial charge in [0, 0.05) is 36.3 Å². The summed E-state index contributed by atoms with van der Waals surface area (Å²) in [4.78, 5) is 32.7. The third-order valence-corrected chi connectivity index (χ3v) is 7.40. The molecule has 0 N–H and O–H groups in total. The number of hydrogen-bond donors (Lipinski definition) is 0. The first-order valence-corrected chi connectivity index (χ1v) is 12.5. The van der Waals surface area contributed by atoms with E-state index in [4.69, 9.17) is 4.98 Å². The molecule has 0 saturated carbocycles. The quantitative estimate of drug-likeness (QED) is 0.335. The summed E-state index contributed by atoms with van der Waals surface area (Å²) in [7, 11) is 3.86. The van der Waals surface area contributed by atoms with Gasteiger partial charge in [-0.05, 0) is 56.3 Å². The van der Waals surface area contributed by atoms with Gasteiger partial charge in [0.05, 0.1) is 22.3 Å². The smallest absolute Gasteiger partial charge is 0.296 e. The lowest BCUT2D eigenvalue weighted by Crippen LogP contribution is -2.28. The number of hydrogen-bond acceptors (Lipinski definition) is 3. The lowest BCUT2D eigenvalue weighted by Gasteiger charge is -2.10. The SMILES string of the molecule is Cc1c(C=Cc2nc3ccccc3c(=O)n2-c2c(C)n(C)n(-c3ccccc3)c2=O)c2ccccc2n1C. The van der Waals surface area contributed by atoms with Crippen LogP contribution >= 0.6 is 0 Å². The van der Waals surface area contributed by atoms with Crippen molar-refractivity contribution in [2.24, 2.45) is 14.1 Å².